The Morgan fingerprint density at radius 3 is 2.47 bits per heavy atom. The maximum absolute atomic E-state index is 12.8. The van der Waals surface area contributed by atoms with Gasteiger partial charge in [-0.25, -0.2) is 0 Å². The minimum Gasteiger partial charge on any atom is -0.466 e. The van der Waals surface area contributed by atoms with Crippen molar-refractivity contribution in [1.82, 2.24) is 5.32 Å². The zero-order chi connectivity index (χ0) is 25.1. The minimum absolute atomic E-state index is 0.00568. The number of hydrogen-bond acceptors (Lipinski definition) is 7. The molecule has 0 aliphatic rings. The van der Waals surface area contributed by atoms with Gasteiger partial charge in [-0.05, 0) is 54.4 Å². The average Bonchev–Trinajstić information content (AvgIpc) is 2.76. The zero-order valence-electron chi connectivity index (χ0n) is 20.0. The Hall–Kier alpha value is -1.68. The van der Waals surface area contributed by atoms with Crippen molar-refractivity contribution in [3.63, 3.8) is 0 Å². The number of rotatable bonds is 13. The van der Waals surface area contributed by atoms with Crippen LogP contribution in [0.2, 0.25) is 5.02 Å². The molecule has 7 nitrogen and oxygen atoms in total. The first kappa shape index (κ1) is 28.6. The summed E-state index contributed by atoms with van der Waals surface area (Å²) in [6, 6.07) is 11.9. The molecule has 0 bridgehead atoms. The summed E-state index contributed by atoms with van der Waals surface area (Å²) in [7, 11) is 1.59. The normalized spacial score (nSPS) is 13.4. The fourth-order valence-corrected chi connectivity index (χ4v) is 4.23. The number of hydrogen-bond donors (Lipinski definition) is 2. The summed E-state index contributed by atoms with van der Waals surface area (Å²) in [5, 5.41) is 14.0. The molecule has 9 heteroatoms. The van der Waals surface area contributed by atoms with Crippen molar-refractivity contribution < 1.29 is 28.8 Å². The number of esters is 1. The number of methoxy groups -OCH3 is 1. The summed E-state index contributed by atoms with van der Waals surface area (Å²) in [5.41, 5.74) is 0.876. The van der Waals surface area contributed by atoms with Crippen molar-refractivity contribution in [1.29, 1.82) is 0 Å². The molecule has 2 rings (SSSR count). The molecular formula is C25H33BrClNO6. The number of aliphatic hydroxyl groups is 1. The smallest absolute Gasteiger partial charge is 0.308 e. The molecule has 0 aromatic heterocycles. The van der Waals surface area contributed by atoms with Gasteiger partial charge in [-0.15, -0.1) is 0 Å². The van der Waals surface area contributed by atoms with Crippen molar-refractivity contribution in [2.45, 2.75) is 44.9 Å². The van der Waals surface area contributed by atoms with Crippen molar-refractivity contribution >= 4 is 33.5 Å². The van der Waals surface area contributed by atoms with E-state index in [9.17, 15) is 9.90 Å². The molecule has 0 fully saturated rings. The Morgan fingerprint density at radius 1 is 1.15 bits per heavy atom. The third kappa shape index (κ3) is 9.52. The summed E-state index contributed by atoms with van der Waals surface area (Å²) in [6.07, 6.45) is -0.00568. The highest BCUT2D eigenvalue weighted by Crippen LogP contribution is 2.38. The van der Waals surface area contributed by atoms with Crippen LogP contribution in [0.4, 0.5) is 0 Å². The van der Waals surface area contributed by atoms with Crippen LogP contribution in [0.3, 0.4) is 0 Å². The number of nitrogens with one attached hydrogen (secondary N) is 1. The highest BCUT2D eigenvalue weighted by atomic mass is 79.9. The van der Waals surface area contributed by atoms with Gasteiger partial charge in [-0.2, -0.15) is 0 Å². The first-order chi connectivity index (χ1) is 16.1. The Bertz CT molecular complexity index is 906. The monoisotopic (exact) mass is 557 g/mol. The lowest BCUT2D eigenvalue weighted by Crippen LogP contribution is -2.33. The number of aliphatic hydroxyl groups excluding tert-OH is 1. The molecular weight excluding hydrogens is 526 g/mol. The Morgan fingerprint density at radius 2 is 1.85 bits per heavy atom. The summed E-state index contributed by atoms with van der Waals surface area (Å²) in [4.78, 5) is 12.8. The molecule has 2 aromatic carbocycles. The maximum Gasteiger partial charge on any atom is 0.308 e. The standard InChI is InChI=1S/C25H33BrClNO6/c1-25(2,3)34-23(30)14-21(28-22(15-29)17-8-6-5-7-9-17)19-12-18(27)13-20(26)24(19)33-16-32-11-10-31-4/h5-9,12-13,21-22,28-29H,10-11,14-16H2,1-4H3/t21-,22+/m0/s1. The Labute approximate surface area is 214 Å². The quantitative estimate of drug-likeness (QED) is 0.199. The van der Waals surface area contributed by atoms with Crippen molar-refractivity contribution in [3.05, 3.63) is 63.1 Å². The minimum atomic E-state index is -0.638. The van der Waals surface area contributed by atoms with E-state index in [-0.39, 0.29) is 19.8 Å². The largest absolute Gasteiger partial charge is 0.466 e. The molecule has 0 saturated heterocycles. The van der Waals surface area contributed by atoms with E-state index in [0.717, 1.165) is 5.56 Å². The van der Waals surface area contributed by atoms with E-state index in [4.69, 9.17) is 30.5 Å². The number of carbonyl (C=O) groups excluding carboxylic acids is 1. The van der Waals surface area contributed by atoms with Crippen LogP contribution in [0.15, 0.2) is 46.9 Å². The fraction of sp³-hybridized carbons (Fsp3) is 0.480. The Balaban J connectivity index is 2.39. The van der Waals surface area contributed by atoms with Crippen molar-refractivity contribution in [2.24, 2.45) is 0 Å². The first-order valence-electron chi connectivity index (χ1n) is 11.0. The van der Waals surface area contributed by atoms with Gasteiger partial charge in [0.25, 0.3) is 0 Å². The van der Waals surface area contributed by atoms with Crippen LogP contribution < -0.4 is 10.1 Å². The predicted octanol–water partition coefficient (Wildman–Crippen LogP) is 5.20. The topological polar surface area (TPSA) is 86.3 Å². The third-order valence-corrected chi connectivity index (χ3v) is 5.52. The first-order valence-corrected chi connectivity index (χ1v) is 12.1. The average molecular weight is 559 g/mol. The molecule has 0 aliphatic carbocycles. The second-order valence-corrected chi connectivity index (χ2v) is 9.92. The molecule has 0 radical (unpaired) electrons. The van der Waals surface area contributed by atoms with Crippen LogP contribution in [0, 0.1) is 0 Å². The predicted molar refractivity (Wildman–Crippen MR) is 135 cm³/mol. The molecule has 0 amide bonds. The van der Waals surface area contributed by atoms with Gasteiger partial charge in [0.15, 0.2) is 6.79 Å². The van der Waals surface area contributed by atoms with E-state index in [1.807, 2.05) is 51.1 Å². The van der Waals surface area contributed by atoms with Gasteiger partial charge in [0.05, 0.1) is 36.8 Å². The van der Waals surface area contributed by atoms with Crippen LogP contribution in [-0.4, -0.2) is 50.4 Å². The van der Waals surface area contributed by atoms with Gasteiger partial charge in [0.1, 0.15) is 11.4 Å². The lowest BCUT2D eigenvalue weighted by atomic mass is 9.99. The van der Waals surface area contributed by atoms with Crippen LogP contribution >= 0.6 is 27.5 Å². The highest BCUT2D eigenvalue weighted by Gasteiger charge is 2.28. The second kappa shape index (κ2) is 14.0. The third-order valence-electron chi connectivity index (χ3n) is 4.71. The zero-order valence-corrected chi connectivity index (χ0v) is 22.3. The van der Waals surface area contributed by atoms with Gasteiger partial charge < -0.3 is 29.4 Å². The van der Waals surface area contributed by atoms with Gasteiger partial charge in [0, 0.05) is 23.7 Å². The lowest BCUT2D eigenvalue weighted by Gasteiger charge is -2.28. The molecule has 2 aromatic rings. The van der Waals surface area contributed by atoms with Crippen LogP contribution in [0.1, 0.15) is 50.4 Å². The fourth-order valence-electron chi connectivity index (χ4n) is 3.28. The van der Waals surface area contributed by atoms with Crippen LogP contribution in [-0.2, 0) is 19.0 Å². The SMILES string of the molecule is COCCOCOc1c(Br)cc(Cl)cc1[C@H](CC(=O)OC(C)(C)C)N[C@H](CO)c1ccccc1. The summed E-state index contributed by atoms with van der Waals surface area (Å²) in [6.45, 7) is 6.07. The second-order valence-electron chi connectivity index (χ2n) is 8.62. The van der Waals surface area contributed by atoms with Crippen molar-refractivity contribution in [3.8, 4) is 5.75 Å². The molecule has 34 heavy (non-hydrogen) atoms. The van der Waals surface area contributed by atoms with E-state index in [1.54, 1.807) is 19.2 Å². The van der Waals surface area contributed by atoms with E-state index < -0.39 is 23.7 Å². The summed E-state index contributed by atoms with van der Waals surface area (Å²) >= 11 is 9.88. The number of carbonyl (C=O) groups is 1. The van der Waals surface area contributed by atoms with Gasteiger partial charge >= 0.3 is 5.97 Å². The number of benzene rings is 2. The molecule has 0 aliphatic heterocycles. The highest BCUT2D eigenvalue weighted by molar-refractivity contribution is 9.10. The van der Waals surface area contributed by atoms with E-state index in [1.165, 1.54) is 0 Å². The van der Waals surface area contributed by atoms with Crippen molar-refractivity contribution in [2.75, 3.05) is 33.7 Å². The Kier molecular flexibility index (Phi) is 11.8. The molecule has 0 unspecified atom stereocenters. The van der Waals surface area contributed by atoms with Crippen LogP contribution in [0.5, 0.6) is 5.75 Å². The summed E-state index contributed by atoms with van der Waals surface area (Å²) in [5.74, 6) is 0.0840. The van der Waals surface area contributed by atoms with Gasteiger partial charge in [-0.1, -0.05) is 41.9 Å². The molecule has 0 heterocycles. The lowest BCUT2D eigenvalue weighted by molar-refractivity contribution is -0.155. The van der Waals surface area contributed by atoms with Gasteiger partial charge in [0.2, 0.25) is 0 Å². The molecule has 0 spiro atoms. The number of ether oxygens (including phenoxy) is 4. The van der Waals surface area contributed by atoms with E-state index in [0.29, 0.717) is 34.0 Å². The van der Waals surface area contributed by atoms with E-state index in [2.05, 4.69) is 21.2 Å². The maximum atomic E-state index is 12.8. The molecule has 2 atom stereocenters. The molecule has 0 saturated carbocycles. The van der Waals surface area contributed by atoms with Gasteiger partial charge in [-0.3, -0.25) is 4.79 Å². The summed E-state index contributed by atoms with van der Waals surface area (Å²) < 4.78 is 22.5. The van der Waals surface area contributed by atoms with E-state index >= 15 is 0 Å². The molecule has 188 valence electrons. The number of halogens is 2. The van der Waals surface area contributed by atoms with Crippen LogP contribution in [0.25, 0.3) is 0 Å². The molecule has 2 N–H and O–H groups in total.